The van der Waals surface area contributed by atoms with Gasteiger partial charge in [-0.25, -0.2) is 0 Å². The van der Waals surface area contributed by atoms with E-state index in [9.17, 15) is 22.8 Å². The molecule has 0 atom stereocenters. The Morgan fingerprint density at radius 1 is 1.23 bits per heavy atom. The van der Waals surface area contributed by atoms with Gasteiger partial charge in [0.15, 0.2) is 0 Å². The van der Waals surface area contributed by atoms with Crippen LogP contribution < -0.4 is 16.0 Å². The van der Waals surface area contributed by atoms with Crippen LogP contribution in [0.5, 0.6) is 0 Å². The van der Waals surface area contributed by atoms with Gasteiger partial charge in [0.25, 0.3) is 5.91 Å². The molecule has 5 nitrogen and oxygen atoms in total. The number of hydrogen-bond acceptors (Lipinski definition) is 3. The molecule has 0 saturated heterocycles. The maximum Gasteiger partial charge on any atom is 0.405 e. The summed E-state index contributed by atoms with van der Waals surface area (Å²) >= 11 is 0. The Balaban J connectivity index is 2.76. The molecule has 2 amide bonds. The second kappa shape index (κ2) is 7.79. The number of nitrogens with one attached hydrogen (secondary N) is 3. The molecular formula is C14H18F3N3O2. The minimum Gasteiger partial charge on any atom is -0.343 e. The van der Waals surface area contributed by atoms with Gasteiger partial charge in [0.2, 0.25) is 5.91 Å². The van der Waals surface area contributed by atoms with E-state index in [4.69, 9.17) is 0 Å². The Bertz CT molecular complexity index is 545. The number of carbonyl (C=O) groups is 2. The van der Waals surface area contributed by atoms with Crippen LogP contribution in [0.4, 0.5) is 18.9 Å². The van der Waals surface area contributed by atoms with E-state index in [-0.39, 0.29) is 17.9 Å². The van der Waals surface area contributed by atoms with Crippen LogP contribution in [0, 0.1) is 6.92 Å². The first-order valence-electron chi connectivity index (χ1n) is 6.63. The van der Waals surface area contributed by atoms with Gasteiger partial charge < -0.3 is 16.0 Å². The molecule has 0 saturated carbocycles. The highest BCUT2D eigenvalue weighted by molar-refractivity contribution is 5.97. The van der Waals surface area contributed by atoms with Gasteiger partial charge in [0, 0.05) is 24.2 Å². The molecule has 8 heteroatoms. The highest BCUT2D eigenvalue weighted by Gasteiger charge is 2.28. The normalized spacial score (nSPS) is 11.1. The maximum atomic E-state index is 12.1. The van der Waals surface area contributed by atoms with Crippen LogP contribution in [0.1, 0.15) is 22.3 Å². The van der Waals surface area contributed by atoms with Crippen LogP contribution in [0.3, 0.4) is 0 Å². The lowest BCUT2D eigenvalue weighted by Gasteiger charge is -2.12. The Hall–Kier alpha value is -2.09. The molecule has 1 aromatic carbocycles. The SMILES string of the molecule is CNCCC(=O)Nc1cc(C(=O)NCC(F)(F)F)ccc1C. The van der Waals surface area contributed by atoms with Gasteiger partial charge in [-0.2, -0.15) is 13.2 Å². The van der Waals surface area contributed by atoms with Gasteiger partial charge in [-0.15, -0.1) is 0 Å². The summed E-state index contributed by atoms with van der Waals surface area (Å²) in [7, 11) is 1.71. The van der Waals surface area contributed by atoms with Gasteiger partial charge >= 0.3 is 6.18 Å². The van der Waals surface area contributed by atoms with Crippen molar-refractivity contribution in [2.24, 2.45) is 0 Å². The number of benzene rings is 1. The third kappa shape index (κ3) is 6.13. The van der Waals surface area contributed by atoms with Gasteiger partial charge in [-0.05, 0) is 31.7 Å². The average Bonchev–Trinajstić information content (AvgIpc) is 2.44. The molecule has 0 aromatic heterocycles. The van der Waals surface area contributed by atoms with E-state index >= 15 is 0 Å². The smallest absolute Gasteiger partial charge is 0.343 e. The number of anilines is 1. The molecule has 3 N–H and O–H groups in total. The molecule has 0 radical (unpaired) electrons. The third-order valence-electron chi connectivity index (χ3n) is 2.83. The highest BCUT2D eigenvalue weighted by atomic mass is 19.4. The van der Waals surface area contributed by atoms with E-state index < -0.39 is 18.6 Å². The van der Waals surface area contributed by atoms with Gasteiger partial charge in [0.1, 0.15) is 6.54 Å². The number of halogens is 3. The van der Waals surface area contributed by atoms with Crippen molar-refractivity contribution in [3.63, 3.8) is 0 Å². The van der Waals surface area contributed by atoms with E-state index in [0.29, 0.717) is 17.8 Å². The first-order chi connectivity index (χ1) is 10.2. The van der Waals surface area contributed by atoms with Crippen LogP contribution >= 0.6 is 0 Å². The molecule has 22 heavy (non-hydrogen) atoms. The van der Waals surface area contributed by atoms with E-state index in [1.165, 1.54) is 12.1 Å². The summed E-state index contributed by atoms with van der Waals surface area (Å²) < 4.78 is 36.3. The average molecular weight is 317 g/mol. The first-order valence-corrected chi connectivity index (χ1v) is 6.63. The molecule has 122 valence electrons. The second-order valence-electron chi connectivity index (χ2n) is 4.73. The number of rotatable bonds is 6. The van der Waals surface area contributed by atoms with Crippen LogP contribution in [0.15, 0.2) is 18.2 Å². The zero-order valence-electron chi connectivity index (χ0n) is 12.3. The molecule has 0 spiro atoms. The Morgan fingerprint density at radius 2 is 1.91 bits per heavy atom. The fraction of sp³-hybridized carbons (Fsp3) is 0.429. The quantitative estimate of drug-likeness (QED) is 0.750. The number of alkyl halides is 3. The summed E-state index contributed by atoms with van der Waals surface area (Å²) in [6, 6.07) is 4.33. The van der Waals surface area contributed by atoms with Gasteiger partial charge in [-0.1, -0.05) is 6.07 Å². The fourth-order valence-corrected chi connectivity index (χ4v) is 1.63. The molecule has 1 rings (SSSR count). The highest BCUT2D eigenvalue weighted by Crippen LogP contribution is 2.18. The zero-order chi connectivity index (χ0) is 16.8. The predicted octanol–water partition coefficient (Wildman–Crippen LogP) is 1.84. The van der Waals surface area contributed by atoms with Crippen LogP contribution in [-0.4, -0.2) is 38.1 Å². The number of aryl methyl sites for hydroxylation is 1. The van der Waals surface area contributed by atoms with E-state index in [1.54, 1.807) is 25.4 Å². The topological polar surface area (TPSA) is 70.2 Å². The molecule has 0 aliphatic heterocycles. The lowest BCUT2D eigenvalue weighted by Crippen LogP contribution is -2.33. The van der Waals surface area contributed by atoms with Crippen molar-refractivity contribution in [3.05, 3.63) is 29.3 Å². The third-order valence-corrected chi connectivity index (χ3v) is 2.83. The van der Waals surface area contributed by atoms with Crippen molar-refractivity contribution in [2.75, 3.05) is 25.5 Å². The fourth-order valence-electron chi connectivity index (χ4n) is 1.63. The summed E-state index contributed by atoms with van der Waals surface area (Å²) in [6.07, 6.45) is -4.22. The number of hydrogen-bond donors (Lipinski definition) is 3. The molecule has 0 heterocycles. The van der Waals surface area contributed by atoms with Crippen molar-refractivity contribution < 1.29 is 22.8 Å². The maximum absolute atomic E-state index is 12.1. The summed E-state index contributed by atoms with van der Waals surface area (Å²) in [5, 5.41) is 7.25. The molecule has 1 aromatic rings. The summed E-state index contributed by atoms with van der Waals surface area (Å²) in [5.74, 6) is -1.09. The Morgan fingerprint density at radius 3 is 2.50 bits per heavy atom. The summed E-state index contributed by atoms with van der Waals surface area (Å²) in [4.78, 5) is 23.3. The van der Waals surface area contributed by atoms with Crippen molar-refractivity contribution in [1.29, 1.82) is 0 Å². The van der Waals surface area contributed by atoms with Crippen molar-refractivity contribution in [1.82, 2.24) is 10.6 Å². The van der Waals surface area contributed by atoms with Crippen LogP contribution in [-0.2, 0) is 4.79 Å². The lowest BCUT2D eigenvalue weighted by molar-refractivity contribution is -0.123. The van der Waals surface area contributed by atoms with Crippen LogP contribution in [0.2, 0.25) is 0 Å². The van der Waals surface area contributed by atoms with E-state index in [2.05, 4.69) is 10.6 Å². The van der Waals surface area contributed by atoms with Crippen LogP contribution in [0.25, 0.3) is 0 Å². The van der Waals surface area contributed by atoms with E-state index in [0.717, 1.165) is 0 Å². The standard InChI is InChI=1S/C14H18F3N3O2/c1-9-3-4-10(13(22)19-8-14(15,16)17)7-11(9)20-12(21)5-6-18-2/h3-4,7,18H,5-6,8H2,1-2H3,(H,19,22)(H,20,21). The minimum atomic E-state index is -4.47. The Labute approximate surface area is 126 Å². The molecule has 0 bridgehead atoms. The predicted molar refractivity (Wildman–Crippen MR) is 76.7 cm³/mol. The van der Waals surface area contributed by atoms with Crippen molar-refractivity contribution >= 4 is 17.5 Å². The lowest BCUT2D eigenvalue weighted by atomic mass is 10.1. The monoisotopic (exact) mass is 317 g/mol. The molecule has 0 aliphatic rings. The first kappa shape index (κ1) is 18.0. The molecule has 0 fully saturated rings. The van der Waals surface area contributed by atoms with E-state index in [1.807, 2.05) is 0 Å². The number of carbonyl (C=O) groups excluding carboxylic acids is 2. The zero-order valence-corrected chi connectivity index (χ0v) is 12.3. The number of amides is 2. The van der Waals surface area contributed by atoms with Crippen molar-refractivity contribution in [3.8, 4) is 0 Å². The van der Waals surface area contributed by atoms with Crippen molar-refractivity contribution in [2.45, 2.75) is 19.5 Å². The molecule has 0 aliphatic carbocycles. The molecular weight excluding hydrogens is 299 g/mol. The summed E-state index contributed by atoms with van der Waals surface area (Å²) in [6.45, 7) is 0.825. The second-order valence-corrected chi connectivity index (χ2v) is 4.73. The van der Waals surface area contributed by atoms with Gasteiger partial charge in [0.05, 0.1) is 0 Å². The summed E-state index contributed by atoms with van der Waals surface area (Å²) in [5.41, 5.74) is 1.17. The van der Waals surface area contributed by atoms with Gasteiger partial charge in [-0.3, -0.25) is 9.59 Å². The minimum absolute atomic E-state index is 0.0544. The largest absolute Gasteiger partial charge is 0.405 e. The molecule has 0 unspecified atom stereocenters. The Kier molecular flexibility index (Phi) is 6.36.